The highest BCUT2D eigenvalue weighted by atomic mass is 35.5. The van der Waals surface area contributed by atoms with Crippen LogP contribution in [0.3, 0.4) is 0 Å². The Morgan fingerprint density at radius 2 is 1.67 bits per heavy atom. The van der Waals surface area contributed by atoms with Gasteiger partial charge in [0.2, 0.25) is 10.0 Å². The summed E-state index contributed by atoms with van der Waals surface area (Å²) in [5.74, 6) is 0.0508. The maximum atomic E-state index is 12.6. The number of methoxy groups -OCH3 is 2. The van der Waals surface area contributed by atoms with Crippen LogP contribution in [-0.2, 0) is 10.0 Å². The van der Waals surface area contributed by atoms with Gasteiger partial charge in [0.1, 0.15) is 16.4 Å². The molecule has 0 fully saturated rings. The minimum atomic E-state index is -3.85. The predicted octanol–water partition coefficient (Wildman–Crippen LogP) is 3.30. The van der Waals surface area contributed by atoms with E-state index >= 15 is 0 Å². The summed E-state index contributed by atoms with van der Waals surface area (Å²) in [6.07, 6.45) is 0. The molecule has 0 saturated carbocycles. The van der Waals surface area contributed by atoms with E-state index in [1.165, 1.54) is 32.4 Å². The lowest BCUT2D eigenvalue weighted by Gasteiger charge is -2.15. The number of hydrogen-bond donors (Lipinski definition) is 2. The quantitative estimate of drug-likeness (QED) is 0.727. The molecule has 0 heterocycles. The van der Waals surface area contributed by atoms with E-state index in [2.05, 4.69) is 10.0 Å². The molecule has 2 rings (SSSR count). The zero-order valence-corrected chi connectivity index (χ0v) is 16.9. The van der Waals surface area contributed by atoms with Gasteiger partial charge in [0.05, 0.1) is 19.9 Å². The Kier molecular flexibility index (Phi) is 6.69. The Morgan fingerprint density at radius 3 is 2.26 bits per heavy atom. The van der Waals surface area contributed by atoms with Crippen molar-refractivity contribution in [2.45, 2.75) is 24.8 Å². The van der Waals surface area contributed by atoms with Crippen molar-refractivity contribution < 1.29 is 22.7 Å². The molecular weight excluding hydrogens is 392 g/mol. The number of carbonyl (C=O) groups is 1. The van der Waals surface area contributed by atoms with Gasteiger partial charge in [0.25, 0.3) is 5.91 Å². The van der Waals surface area contributed by atoms with Gasteiger partial charge in [0, 0.05) is 16.6 Å². The van der Waals surface area contributed by atoms with Crippen LogP contribution < -0.4 is 19.5 Å². The molecule has 1 amide bonds. The third-order valence-corrected chi connectivity index (χ3v) is 5.43. The molecule has 0 aliphatic rings. The van der Waals surface area contributed by atoms with Crippen molar-refractivity contribution in [1.29, 1.82) is 0 Å². The van der Waals surface area contributed by atoms with E-state index in [1.807, 2.05) is 0 Å². The first-order chi connectivity index (χ1) is 12.7. The van der Waals surface area contributed by atoms with Crippen molar-refractivity contribution in [2.24, 2.45) is 0 Å². The molecule has 0 unspecified atom stereocenters. The number of sulfonamides is 1. The van der Waals surface area contributed by atoms with E-state index in [0.29, 0.717) is 16.5 Å². The highest BCUT2D eigenvalue weighted by Crippen LogP contribution is 2.29. The third-order valence-electron chi connectivity index (χ3n) is 3.52. The van der Waals surface area contributed by atoms with Gasteiger partial charge in [0.15, 0.2) is 0 Å². The van der Waals surface area contributed by atoms with Crippen molar-refractivity contribution in [1.82, 2.24) is 4.72 Å². The first kappa shape index (κ1) is 21.0. The highest BCUT2D eigenvalue weighted by Gasteiger charge is 2.23. The van der Waals surface area contributed by atoms with Crippen LogP contribution >= 0.6 is 11.6 Å². The van der Waals surface area contributed by atoms with Gasteiger partial charge in [-0.2, -0.15) is 0 Å². The summed E-state index contributed by atoms with van der Waals surface area (Å²) in [6, 6.07) is 8.64. The smallest absolute Gasteiger partial charge is 0.255 e. The fourth-order valence-corrected chi connectivity index (χ4v) is 3.99. The first-order valence-corrected chi connectivity index (χ1v) is 9.89. The van der Waals surface area contributed by atoms with Crippen LogP contribution in [0.2, 0.25) is 5.02 Å². The summed E-state index contributed by atoms with van der Waals surface area (Å²) in [6.45, 7) is 3.40. The van der Waals surface area contributed by atoms with Crippen LogP contribution in [0.4, 0.5) is 5.69 Å². The normalized spacial score (nSPS) is 11.3. The van der Waals surface area contributed by atoms with Crippen LogP contribution in [-0.4, -0.2) is 34.6 Å². The molecule has 7 nitrogen and oxygen atoms in total. The molecule has 0 bridgehead atoms. The lowest BCUT2D eigenvalue weighted by Crippen LogP contribution is -2.30. The number of hydrogen-bond acceptors (Lipinski definition) is 5. The van der Waals surface area contributed by atoms with Crippen LogP contribution in [0.25, 0.3) is 0 Å². The van der Waals surface area contributed by atoms with Crippen molar-refractivity contribution in [3.63, 3.8) is 0 Å². The maximum absolute atomic E-state index is 12.6. The maximum Gasteiger partial charge on any atom is 0.255 e. The number of anilines is 1. The summed E-state index contributed by atoms with van der Waals surface area (Å²) >= 11 is 5.97. The summed E-state index contributed by atoms with van der Waals surface area (Å²) in [5, 5.41) is 3.09. The van der Waals surface area contributed by atoms with Crippen LogP contribution in [0, 0.1) is 0 Å². The lowest BCUT2D eigenvalue weighted by atomic mass is 10.2. The Bertz CT molecular complexity index is 945. The number of halogens is 1. The Morgan fingerprint density at radius 1 is 1.04 bits per heavy atom. The molecule has 0 aromatic heterocycles. The SMILES string of the molecule is COc1ccc(Cl)cc1NC(=O)c1ccc(OC)c(S(=O)(=O)NC(C)C)c1. The molecule has 9 heteroatoms. The van der Waals surface area contributed by atoms with Crippen molar-refractivity contribution >= 4 is 33.2 Å². The fraction of sp³-hybridized carbons (Fsp3) is 0.278. The van der Waals surface area contributed by atoms with E-state index < -0.39 is 15.9 Å². The number of benzene rings is 2. The molecule has 27 heavy (non-hydrogen) atoms. The summed E-state index contributed by atoms with van der Waals surface area (Å²) in [5.41, 5.74) is 0.512. The fourth-order valence-electron chi connectivity index (χ4n) is 2.37. The number of nitrogens with one attached hydrogen (secondary N) is 2. The standard InChI is InChI=1S/C18H21ClN2O5S/c1-11(2)21-27(23,24)17-9-12(5-7-16(17)26-4)18(22)20-14-10-13(19)6-8-15(14)25-3/h5-11,21H,1-4H3,(H,20,22). The van der Waals surface area contributed by atoms with Gasteiger partial charge < -0.3 is 14.8 Å². The Balaban J connectivity index is 2.41. The highest BCUT2D eigenvalue weighted by molar-refractivity contribution is 7.89. The molecule has 0 saturated heterocycles. The molecule has 0 aliphatic heterocycles. The predicted molar refractivity (Wildman–Crippen MR) is 104 cm³/mol. The number of ether oxygens (including phenoxy) is 2. The Hall–Kier alpha value is -2.29. The third kappa shape index (κ3) is 5.12. The number of rotatable bonds is 7. The van der Waals surface area contributed by atoms with Crippen molar-refractivity contribution in [2.75, 3.05) is 19.5 Å². The molecule has 2 aromatic carbocycles. The van der Waals surface area contributed by atoms with Crippen LogP contribution in [0.5, 0.6) is 11.5 Å². The Labute approximate surface area is 163 Å². The van der Waals surface area contributed by atoms with Crippen LogP contribution in [0.15, 0.2) is 41.3 Å². The van der Waals surface area contributed by atoms with Gasteiger partial charge in [-0.25, -0.2) is 13.1 Å². The molecule has 0 aliphatic carbocycles. The zero-order valence-electron chi connectivity index (χ0n) is 15.4. The second-order valence-electron chi connectivity index (χ2n) is 5.94. The average Bonchev–Trinajstić information content (AvgIpc) is 2.60. The second kappa shape index (κ2) is 8.60. The van der Waals surface area contributed by atoms with Crippen molar-refractivity contribution in [3.8, 4) is 11.5 Å². The molecule has 0 radical (unpaired) electrons. The molecule has 0 atom stereocenters. The monoisotopic (exact) mass is 412 g/mol. The summed E-state index contributed by atoms with van der Waals surface area (Å²) in [7, 11) is -1.02. The van der Waals surface area contributed by atoms with Gasteiger partial charge in [-0.05, 0) is 50.2 Å². The van der Waals surface area contributed by atoms with E-state index in [4.69, 9.17) is 21.1 Å². The topological polar surface area (TPSA) is 93.7 Å². The van der Waals surface area contributed by atoms with Gasteiger partial charge in [-0.3, -0.25) is 4.79 Å². The zero-order chi connectivity index (χ0) is 20.2. The van der Waals surface area contributed by atoms with E-state index in [0.717, 1.165) is 0 Å². The lowest BCUT2D eigenvalue weighted by molar-refractivity contribution is 0.102. The summed E-state index contributed by atoms with van der Waals surface area (Å²) < 4.78 is 37.9. The average molecular weight is 413 g/mol. The minimum Gasteiger partial charge on any atom is -0.495 e. The molecule has 0 spiro atoms. The van der Waals surface area contributed by atoms with Crippen molar-refractivity contribution in [3.05, 3.63) is 47.0 Å². The molecular formula is C18H21ClN2O5S. The van der Waals surface area contributed by atoms with E-state index in [9.17, 15) is 13.2 Å². The van der Waals surface area contributed by atoms with Gasteiger partial charge in [-0.15, -0.1) is 0 Å². The minimum absolute atomic E-state index is 0.121. The first-order valence-electron chi connectivity index (χ1n) is 8.03. The van der Waals surface area contributed by atoms with Crippen LogP contribution in [0.1, 0.15) is 24.2 Å². The molecule has 146 valence electrons. The van der Waals surface area contributed by atoms with Gasteiger partial charge in [-0.1, -0.05) is 11.6 Å². The van der Waals surface area contributed by atoms with Gasteiger partial charge >= 0.3 is 0 Å². The van der Waals surface area contributed by atoms with E-state index in [-0.39, 0.29) is 22.3 Å². The number of carbonyl (C=O) groups excluding carboxylic acids is 1. The molecule has 2 aromatic rings. The summed E-state index contributed by atoms with van der Waals surface area (Å²) in [4.78, 5) is 12.5. The molecule has 2 N–H and O–H groups in total. The largest absolute Gasteiger partial charge is 0.495 e. The second-order valence-corrected chi connectivity index (χ2v) is 8.06. The number of amides is 1. The van der Waals surface area contributed by atoms with E-state index in [1.54, 1.807) is 32.0 Å².